The van der Waals surface area contributed by atoms with Gasteiger partial charge in [0.2, 0.25) is 0 Å². The third-order valence-electron chi connectivity index (χ3n) is 2.80. The van der Waals surface area contributed by atoms with Gasteiger partial charge in [-0.1, -0.05) is 58.0 Å². The molecule has 0 atom stereocenters. The fourth-order valence-electron chi connectivity index (χ4n) is 1.78. The Labute approximate surface area is 158 Å². The molecule has 0 radical (unpaired) electrons. The van der Waals surface area contributed by atoms with Crippen LogP contribution in [0.3, 0.4) is 0 Å². The van der Waals surface area contributed by atoms with E-state index in [0.717, 1.165) is 4.68 Å². The van der Waals surface area contributed by atoms with Crippen LogP contribution in [-0.4, -0.2) is 9.78 Å². The lowest BCUT2D eigenvalue weighted by atomic mass is 10.2. The largest absolute Gasteiger partial charge is 0.416 e. The average molecular weight is 435 g/mol. The first-order chi connectivity index (χ1) is 11.1. The molecule has 2 aromatic rings. The number of benzene rings is 1. The van der Waals surface area contributed by atoms with Crippen molar-refractivity contribution in [3.05, 3.63) is 49.7 Å². The van der Waals surface area contributed by atoms with Gasteiger partial charge in [0.1, 0.15) is 16.2 Å². The molecule has 2 rings (SSSR count). The lowest BCUT2D eigenvalue weighted by Crippen LogP contribution is -2.07. The second kappa shape index (κ2) is 7.03. The summed E-state index contributed by atoms with van der Waals surface area (Å²) in [4.78, 5) is 0. The second-order valence-electron chi connectivity index (χ2n) is 4.31. The summed E-state index contributed by atoms with van der Waals surface area (Å²) in [6, 6.07) is 3.16. The van der Waals surface area contributed by atoms with Gasteiger partial charge in [0, 0.05) is 6.20 Å². The normalized spacial score (nSPS) is 11.3. The number of alkyl halides is 3. The van der Waals surface area contributed by atoms with Crippen molar-refractivity contribution in [3.8, 4) is 11.8 Å². The Hall–Kier alpha value is -1.10. The molecule has 0 unspecified atom stereocenters. The monoisotopic (exact) mass is 433 g/mol. The molecule has 24 heavy (non-hydrogen) atoms. The summed E-state index contributed by atoms with van der Waals surface area (Å²) in [5.41, 5.74) is -1.16. The van der Waals surface area contributed by atoms with Crippen LogP contribution >= 0.6 is 58.0 Å². The van der Waals surface area contributed by atoms with Gasteiger partial charge >= 0.3 is 6.18 Å². The van der Waals surface area contributed by atoms with Gasteiger partial charge in [-0.2, -0.15) is 23.5 Å². The number of rotatable bonds is 2. The molecule has 0 spiro atoms. The van der Waals surface area contributed by atoms with E-state index in [0.29, 0.717) is 12.1 Å². The minimum Gasteiger partial charge on any atom is -0.236 e. The SMILES string of the molecule is N#Cc1nn(-c2c(Cl)cc(C(F)(F)F)cc2Cl)cc1C(Cl)=C(Cl)Cl. The Morgan fingerprint density at radius 1 is 1.12 bits per heavy atom. The van der Waals surface area contributed by atoms with E-state index in [2.05, 4.69) is 5.10 Å². The lowest BCUT2D eigenvalue weighted by Gasteiger charge is -2.12. The molecule has 0 aliphatic rings. The molecule has 0 aliphatic heterocycles. The Bertz CT molecular complexity index is 853. The maximum Gasteiger partial charge on any atom is 0.416 e. The van der Waals surface area contributed by atoms with Crippen LogP contribution in [0.4, 0.5) is 13.2 Å². The molecule has 0 saturated heterocycles. The smallest absolute Gasteiger partial charge is 0.236 e. The van der Waals surface area contributed by atoms with Gasteiger partial charge in [0.05, 0.1) is 26.2 Å². The van der Waals surface area contributed by atoms with E-state index in [-0.39, 0.29) is 36.5 Å². The third kappa shape index (κ3) is 3.76. The van der Waals surface area contributed by atoms with Crippen molar-refractivity contribution in [1.82, 2.24) is 9.78 Å². The molecule has 1 heterocycles. The second-order valence-corrected chi connectivity index (χ2v) is 6.45. The van der Waals surface area contributed by atoms with E-state index in [9.17, 15) is 13.2 Å². The first kappa shape index (κ1) is 19.2. The zero-order chi connectivity index (χ0) is 18.2. The highest BCUT2D eigenvalue weighted by Crippen LogP contribution is 2.38. The molecule has 0 aliphatic carbocycles. The maximum absolute atomic E-state index is 12.8. The molecule has 11 heteroatoms. The summed E-state index contributed by atoms with van der Waals surface area (Å²) < 4.78 is 39.0. The number of nitrogens with zero attached hydrogens (tertiary/aromatic N) is 3. The molecule has 126 valence electrons. The first-order valence-electron chi connectivity index (χ1n) is 5.83. The Kier molecular flexibility index (Phi) is 5.63. The van der Waals surface area contributed by atoms with Crippen LogP contribution < -0.4 is 0 Å². The van der Waals surface area contributed by atoms with E-state index >= 15 is 0 Å². The highest BCUT2D eigenvalue weighted by molar-refractivity contribution is 6.66. The van der Waals surface area contributed by atoms with E-state index in [1.165, 1.54) is 6.20 Å². The zero-order valence-corrected chi connectivity index (χ0v) is 14.9. The Morgan fingerprint density at radius 3 is 2.08 bits per heavy atom. The molecule has 0 saturated carbocycles. The molecular weight excluding hydrogens is 432 g/mol. The number of nitriles is 1. The van der Waals surface area contributed by atoms with E-state index in [4.69, 9.17) is 63.3 Å². The molecular formula is C13H3Cl5F3N3. The van der Waals surface area contributed by atoms with Crippen molar-refractivity contribution in [2.24, 2.45) is 0 Å². The van der Waals surface area contributed by atoms with Gasteiger partial charge in [-0.3, -0.25) is 0 Å². The highest BCUT2D eigenvalue weighted by Gasteiger charge is 2.32. The molecule has 1 aromatic carbocycles. The minimum atomic E-state index is -4.61. The molecule has 0 N–H and O–H groups in total. The van der Waals surface area contributed by atoms with Gasteiger partial charge < -0.3 is 0 Å². The summed E-state index contributed by atoms with van der Waals surface area (Å²) in [5, 5.41) is 12.2. The molecule has 0 bridgehead atoms. The van der Waals surface area contributed by atoms with Gasteiger partial charge in [0.25, 0.3) is 0 Å². The van der Waals surface area contributed by atoms with Crippen molar-refractivity contribution in [3.63, 3.8) is 0 Å². The van der Waals surface area contributed by atoms with Gasteiger partial charge in [0.15, 0.2) is 5.69 Å². The Morgan fingerprint density at radius 2 is 1.67 bits per heavy atom. The fourth-order valence-corrected chi connectivity index (χ4v) is 2.78. The van der Waals surface area contributed by atoms with Gasteiger partial charge in [-0.15, -0.1) is 0 Å². The van der Waals surface area contributed by atoms with Crippen LogP contribution in [0.25, 0.3) is 10.7 Å². The third-order valence-corrected chi connectivity index (χ3v) is 4.34. The standard InChI is InChI=1S/C13H3Cl5F3N3/c14-7-1-5(13(19,20)21)2-8(15)11(7)24-4-6(9(3-22)23-24)10(16)12(17)18/h1-2,4H. The predicted molar refractivity (Wildman–Crippen MR) is 87.8 cm³/mol. The lowest BCUT2D eigenvalue weighted by molar-refractivity contribution is -0.137. The molecule has 1 aromatic heterocycles. The topological polar surface area (TPSA) is 41.6 Å². The maximum atomic E-state index is 12.8. The van der Waals surface area contributed by atoms with Gasteiger partial charge in [-0.05, 0) is 12.1 Å². The molecule has 0 fully saturated rings. The van der Waals surface area contributed by atoms with Crippen LogP contribution in [-0.2, 0) is 6.18 Å². The quantitative estimate of drug-likeness (QED) is 0.547. The number of aromatic nitrogens is 2. The molecule has 3 nitrogen and oxygen atoms in total. The van der Waals surface area contributed by atoms with Crippen molar-refractivity contribution < 1.29 is 13.2 Å². The van der Waals surface area contributed by atoms with Crippen LogP contribution in [0, 0.1) is 11.3 Å². The summed E-state index contributed by atoms with van der Waals surface area (Å²) >= 11 is 28.8. The first-order valence-corrected chi connectivity index (χ1v) is 7.72. The van der Waals surface area contributed by atoms with Crippen LogP contribution in [0.2, 0.25) is 10.0 Å². The fraction of sp³-hybridized carbons (Fsp3) is 0.0769. The van der Waals surface area contributed by atoms with Crippen molar-refractivity contribution >= 4 is 63.0 Å². The number of halogens is 8. The van der Waals surface area contributed by atoms with Crippen LogP contribution in [0.5, 0.6) is 0 Å². The van der Waals surface area contributed by atoms with E-state index < -0.39 is 11.7 Å². The number of hydrogen-bond acceptors (Lipinski definition) is 2. The summed E-state index contributed by atoms with van der Waals surface area (Å²) in [5.74, 6) is 0. The van der Waals surface area contributed by atoms with Crippen LogP contribution in [0.1, 0.15) is 16.8 Å². The van der Waals surface area contributed by atoms with Crippen molar-refractivity contribution in [1.29, 1.82) is 5.26 Å². The van der Waals surface area contributed by atoms with Crippen LogP contribution in [0.15, 0.2) is 22.8 Å². The number of hydrogen-bond donors (Lipinski definition) is 0. The molecule has 0 amide bonds. The van der Waals surface area contributed by atoms with Crippen molar-refractivity contribution in [2.45, 2.75) is 6.18 Å². The predicted octanol–water partition coefficient (Wildman–Crippen LogP) is 6.41. The van der Waals surface area contributed by atoms with E-state index in [1.54, 1.807) is 6.07 Å². The highest BCUT2D eigenvalue weighted by atomic mass is 35.5. The zero-order valence-electron chi connectivity index (χ0n) is 11.1. The van der Waals surface area contributed by atoms with E-state index in [1.807, 2.05) is 0 Å². The minimum absolute atomic E-state index is 0.0516. The average Bonchev–Trinajstić information content (AvgIpc) is 2.88. The van der Waals surface area contributed by atoms with Gasteiger partial charge in [-0.25, -0.2) is 4.68 Å². The Balaban J connectivity index is 2.67. The summed E-state index contributed by atoms with van der Waals surface area (Å²) in [7, 11) is 0. The summed E-state index contributed by atoms with van der Waals surface area (Å²) in [6.07, 6.45) is -3.39. The van der Waals surface area contributed by atoms with Crippen molar-refractivity contribution in [2.75, 3.05) is 0 Å². The summed E-state index contributed by atoms with van der Waals surface area (Å²) in [6.45, 7) is 0.